The van der Waals surface area contributed by atoms with Gasteiger partial charge in [-0.25, -0.2) is 0 Å². The van der Waals surface area contributed by atoms with E-state index in [9.17, 15) is 0 Å². The molecule has 0 aromatic heterocycles. The molecule has 5 nitrogen and oxygen atoms in total. The number of hydrogen-bond donors (Lipinski definition) is 1. The lowest BCUT2D eigenvalue weighted by Gasteiger charge is -2.13. The van der Waals surface area contributed by atoms with Gasteiger partial charge in [0.25, 0.3) is 0 Å². The van der Waals surface area contributed by atoms with Crippen LogP contribution in [0.1, 0.15) is 17.5 Å². The highest BCUT2D eigenvalue weighted by Crippen LogP contribution is 2.33. The van der Waals surface area contributed by atoms with E-state index in [1.54, 1.807) is 14.2 Å². The molecule has 0 radical (unpaired) electrons. The van der Waals surface area contributed by atoms with E-state index in [1.165, 1.54) is 5.56 Å². The van der Waals surface area contributed by atoms with Crippen LogP contribution in [-0.4, -0.2) is 27.6 Å². The monoisotopic (exact) mass is 329 g/mol. The van der Waals surface area contributed by atoms with Crippen molar-refractivity contribution in [3.8, 4) is 23.0 Å². The van der Waals surface area contributed by atoms with Crippen LogP contribution in [0.4, 0.5) is 0 Å². The van der Waals surface area contributed by atoms with Crippen LogP contribution in [-0.2, 0) is 13.0 Å². The van der Waals surface area contributed by atoms with Crippen LogP contribution in [0.15, 0.2) is 36.4 Å². The van der Waals surface area contributed by atoms with Gasteiger partial charge in [-0.15, -0.1) is 0 Å². The quantitative estimate of drug-likeness (QED) is 0.754. The van der Waals surface area contributed by atoms with Crippen molar-refractivity contribution in [2.45, 2.75) is 19.4 Å². The van der Waals surface area contributed by atoms with Crippen molar-refractivity contribution in [1.29, 1.82) is 0 Å². The van der Waals surface area contributed by atoms with Crippen molar-refractivity contribution in [3.05, 3.63) is 47.5 Å². The topological polar surface area (TPSA) is 49.0 Å². The van der Waals surface area contributed by atoms with Crippen LogP contribution >= 0.6 is 0 Å². The summed E-state index contributed by atoms with van der Waals surface area (Å²) in [6.45, 7) is 2.00. The fraction of sp³-hybridized carbons (Fsp3) is 0.368. The van der Waals surface area contributed by atoms with E-state index in [1.807, 2.05) is 24.3 Å². The van der Waals surface area contributed by atoms with Gasteiger partial charge >= 0.3 is 0 Å². The first kappa shape index (κ1) is 16.5. The number of aryl methyl sites for hydroxylation is 1. The second kappa shape index (κ2) is 7.93. The molecule has 0 fully saturated rings. The summed E-state index contributed by atoms with van der Waals surface area (Å²) in [7, 11) is 3.32. The third-order valence-electron chi connectivity index (χ3n) is 4.06. The molecule has 0 saturated heterocycles. The average molecular weight is 329 g/mol. The van der Waals surface area contributed by atoms with Gasteiger partial charge in [-0.1, -0.05) is 18.2 Å². The van der Waals surface area contributed by atoms with E-state index in [4.69, 9.17) is 18.9 Å². The number of fused-ring (bicyclic) bond motifs is 1. The summed E-state index contributed by atoms with van der Waals surface area (Å²) in [6, 6.07) is 12.1. The summed E-state index contributed by atoms with van der Waals surface area (Å²) in [5.74, 6) is 3.24. The minimum absolute atomic E-state index is 0.322. The molecule has 0 saturated carbocycles. The zero-order valence-electron chi connectivity index (χ0n) is 14.1. The lowest BCUT2D eigenvalue weighted by atomic mass is 10.1. The maximum absolute atomic E-state index is 5.45. The van der Waals surface area contributed by atoms with E-state index in [0.717, 1.165) is 54.5 Å². The third kappa shape index (κ3) is 3.74. The Hall–Kier alpha value is -2.40. The van der Waals surface area contributed by atoms with Crippen molar-refractivity contribution in [3.63, 3.8) is 0 Å². The molecule has 0 atom stereocenters. The molecule has 2 aromatic rings. The van der Waals surface area contributed by atoms with Gasteiger partial charge < -0.3 is 24.3 Å². The van der Waals surface area contributed by atoms with Crippen molar-refractivity contribution in [1.82, 2.24) is 5.32 Å². The maximum atomic E-state index is 5.45. The number of para-hydroxylation sites is 1. The molecule has 1 N–H and O–H groups in total. The summed E-state index contributed by atoms with van der Waals surface area (Å²) < 4.78 is 21.5. The van der Waals surface area contributed by atoms with Gasteiger partial charge in [0.15, 0.2) is 23.0 Å². The Morgan fingerprint density at radius 3 is 2.75 bits per heavy atom. The minimum atomic E-state index is 0.322. The molecule has 0 spiro atoms. The highest BCUT2D eigenvalue weighted by atomic mass is 16.7. The normalized spacial score (nSPS) is 12.2. The smallest absolute Gasteiger partial charge is 0.231 e. The Kier molecular flexibility index (Phi) is 5.43. The maximum Gasteiger partial charge on any atom is 0.231 e. The molecule has 0 unspecified atom stereocenters. The predicted octanol–water partition coefficient (Wildman–Crippen LogP) is 3.15. The van der Waals surface area contributed by atoms with Gasteiger partial charge in [-0.2, -0.15) is 0 Å². The summed E-state index contributed by atoms with van der Waals surface area (Å²) in [6.07, 6.45) is 2.05. The predicted molar refractivity (Wildman–Crippen MR) is 92.1 cm³/mol. The van der Waals surface area contributed by atoms with Crippen LogP contribution in [0, 0.1) is 0 Å². The fourth-order valence-corrected chi connectivity index (χ4v) is 2.83. The lowest BCUT2D eigenvalue weighted by Crippen LogP contribution is -2.16. The Bertz CT molecular complexity index is 687. The molecule has 0 amide bonds. The molecule has 0 aliphatic carbocycles. The van der Waals surface area contributed by atoms with Gasteiger partial charge in [0.2, 0.25) is 6.79 Å². The molecule has 5 heteroatoms. The second-order valence-electron chi connectivity index (χ2n) is 5.62. The minimum Gasteiger partial charge on any atom is -0.493 e. The van der Waals surface area contributed by atoms with Crippen molar-refractivity contribution < 1.29 is 18.9 Å². The van der Waals surface area contributed by atoms with Gasteiger partial charge in [-0.05, 0) is 43.1 Å². The number of nitrogens with one attached hydrogen (secondary N) is 1. The Morgan fingerprint density at radius 1 is 1.04 bits per heavy atom. The first-order chi connectivity index (χ1) is 11.8. The van der Waals surface area contributed by atoms with Gasteiger partial charge in [0.1, 0.15) is 0 Å². The Balaban J connectivity index is 1.46. The highest BCUT2D eigenvalue weighted by Gasteiger charge is 2.13. The molecule has 1 aliphatic rings. The third-order valence-corrected chi connectivity index (χ3v) is 4.06. The number of methoxy groups -OCH3 is 2. The molecule has 1 aliphatic heterocycles. The number of benzene rings is 2. The first-order valence-corrected chi connectivity index (χ1v) is 8.11. The van der Waals surface area contributed by atoms with Crippen LogP contribution in [0.25, 0.3) is 0 Å². The van der Waals surface area contributed by atoms with Gasteiger partial charge in [0.05, 0.1) is 14.2 Å². The summed E-state index contributed by atoms with van der Waals surface area (Å²) in [4.78, 5) is 0. The molecule has 128 valence electrons. The molecule has 2 aromatic carbocycles. The zero-order chi connectivity index (χ0) is 16.8. The molecule has 24 heavy (non-hydrogen) atoms. The number of hydrogen-bond acceptors (Lipinski definition) is 5. The molecular formula is C19H23NO4. The van der Waals surface area contributed by atoms with Crippen molar-refractivity contribution in [2.75, 3.05) is 27.6 Å². The van der Waals surface area contributed by atoms with E-state index >= 15 is 0 Å². The van der Waals surface area contributed by atoms with Crippen LogP contribution in [0.5, 0.6) is 23.0 Å². The summed E-state index contributed by atoms with van der Waals surface area (Å²) in [5.41, 5.74) is 2.36. The average Bonchev–Trinajstić information content (AvgIpc) is 3.08. The molecule has 3 rings (SSSR count). The Morgan fingerprint density at radius 2 is 1.92 bits per heavy atom. The van der Waals surface area contributed by atoms with Crippen LogP contribution in [0.2, 0.25) is 0 Å². The molecular weight excluding hydrogens is 306 g/mol. The van der Waals surface area contributed by atoms with Crippen molar-refractivity contribution >= 4 is 0 Å². The fourth-order valence-electron chi connectivity index (χ4n) is 2.83. The van der Waals surface area contributed by atoms with Gasteiger partial charge in [0, 0.05) is 12.1 Å². The highest BCUT2D eigenvalue weighted by molar-refractivity contribution is 5.46. The molecule has 1 heterocycles. The summed E-state index contributed by atoms with van der Waals surface area (Å²) in [5, 5.41) is 3.46. The second-order valence-corrected chi connectivity index (χ2v) is 5.62. The van der Waals surface area contributed by atoms with Crippen LogP contribution < -0.4 is 24.3 Å². The van der Waals surface area contributed by atoms with E-state index in [2.05, 4.69) is 17.4 Å². The zero-order valence-corrected chi connectivity index (χ0v) is 14.1. The standard InChI is InChI=1S/C19H23NO4/c1-21-17-7-3-6-15(19(17)22-2)12-20-10-4-5-14-8-9-16-18(11-14)24-13-23-16/h3,6-9,11,20H,4-5,10,12-13H2,1-2H3. The SMILES string of the molecule is COc1cccc(CNCCCc2ccc3c(c2)OCO3)c1OC. The lowest BCUT2D eigenvalue weighted by molar-refractivity contribution is 0.174. The van der Waals surface area contributed by atoms with E-state index in [0.29, 0.717) is 6.79 Å². The first-order valence-electron chi connectivity index (χ1n) is 8.11. The van der Waals surface area contributed by atoms with E-state index in [-0.39, 0.29) is 0 Å². The Labute approximate surface area is 142 Å². The van der Waals surface area contributed by atoms with Gasteiger partial charge in [-0.3, -0.25) is 0 Å². The summed E-state index contributed by atoms with van der Waals surface area (Å²) >= 11 is 0. The largest absolute Gasteiger partial charge is 0.493 e. The van der Waals surface area contributed by atoms with E-state index < -0.39 is 0 Å². The number of rotatable bonds is 8. The molecule has 0 bridgehead atoms. The van der Waals surface area contributed by atoms with Crippen LogP contribution in [0.3, 0.4) is 0 Å². The van der Waals surface area contributed by atoms with Crippen molar-refractivity contribution in [2.24, 2.45) is 0 Å². The number of ether oxygens (including phenoxy) is 4.